The first-order chi connectivity index (χ1) is 8.74. The lowest BCUT2D eigenvalue weighted by Crippen LogP contribution is -2.41. The number of carbonyl (C=O) groups is 1. The molecule has 6 heteroatoms. The summed E-state index contributed by atoms with van der Waals surface area (Å²) in [5.41, 5.74) is 4.73. The largest absolute Gasteiger partial charge is 0.387 e. The molecule has 0 saturated heterocycles. The molecule has 0 aliphatic heterocycles. The number of aliphatic hydroxyl groups is 1. The summed E-state index contributed by atoms with van der Waals surface area (Å²) in [6.45, 7) is 3.74. The molecule has 0 heterocycles. The van der Waals surface area contributed by atoms with E-state index in [2.05, 4.69) is 5.32 Å². The Labute approximate surface area is 110 Å². The Morgan fingerprint density at radius 1 is 1.42 bits per heavy atom. The van der Waals surface area contributed by atoms with E-state index in [-0.39, 0.29) is 18.7 Å². The number of nitrogens with two attached hydrogens (primary N) is 1. The van der Waals surface area contributed by atoms with Crippen molar-refractivity contribution in [2.24, 2.45) is 11.1 Å². The highest BCUT2D eigenvalue weighted by atomic mass is 19.2. The molecule has 0 aromatic heterocycles. The molecule has 1 aromatic carbocycles. The van der Waals surface area contributed by atoms with Crippen molar-refractivity contribution in [3.05, 3.63) is 35.4 Å². The van der Waals surface area contributed by atoms with Gasteiger partial charge in [0.15, 0.2) is 11.6 Å². The van der Waals surface area contributed by atoms with Gasteiger partial charge in [0.2, 0.25) is 5.91 Å². The van der Waals surface area contributed by atoms with E-state index < -0.39 is 29.1 Å². The lowest BCUT2D eigenvalue weighted by atomic mass is 9.92. The lowest BCUT2D eigenvalue weighted by molar-refractivity contribution is -0.125. The Kier molecular flexibility index (Phi) is 4.97. The second-order valence-corrected chi connectivity index (χ2v) is 5.07. The van der Waals surface area contributed by atoms with Crippen LogP contribution in [0.3, 0.4) is 0 Å². The SMILES string of the molecule is CC(C)(CNCC(O)c1ccc(F)c(F)c1)C(N)=O. The summed E-state index contributed by atoms with van der Waals surface area (Å²) in [5.74, 6) is -2.42. The van der Waals surface area contributed by atoms with Gasteiger partial charge in [-0.3, -0.25) is 4.79 Å². The van der Waals surface area contributed by atoms with E-state index >= 15 is 0 Å². The van der Waals surface area contributed by atoms with Crippen molar-refractivity contribution in [2.45, 2.75) is 20.0 Å². The average molecular weight is 272 g/mol. The Hall–Kier alpha value is -1.53. The zero-order valence-corrected chi connectivity index (χ0v) is 10.9. The van der Waals surface area contributed by atoms with Crippen molar-refractivity contribution in [2.75, 3.05) is 13.1 Å². The second kappa shape index (κ2) is 6.08. The number of halogens is 2. The molecule has 0 saturated carbocycles. The van der Waals surface area contributed by atoms with Crippen LogP contribution in [0.15, 0.2) is 18.2 Å². The van der Waals surface area contributed by atoms with E-state index in [1.807, 2.05) is 0 Å². The van der Waals surface area contributed by atoms with Crippen LogP contribution in [-0.4, -0.2) is 24.1 Å². The van der Waals surface area contributed by atoms with E-state index in [4.69, 9.17) is 5.73 Å². The number of hydrogen-bond acceptors (Lipinski definition) is 3. The van der Waals surface area contributed by atoms with Gasteiger partial charge < -0.3 is 16.2 Å². The molecular weight excluding hydrogens is 254 g/mol. The van der Waals surface area contributed by atoms with Crippen LogP contribution in [0.1, 0.15) is 25.5 Å². The van der Waals surface area contributed by atoms with Crippen molar-refractivity contribution >= 4 is 5.91 Å². The number of nitrogens with one attached hydrogen (secondary N) is 1. The van der Waals surface area contributed by atoms with E-state index in [9.17, 15) is 18.7 Å². The maximum Gasteiger partial charge on any atom is 0.224 e. The van der Waals surface area contributed by atoms with Gasteiger partial charge in [-0.05, 0) is 31.5 Å². The quantitative estimate of drug-likeness (QED) is 0.726. The Morgan fingerprint density at radius 3 is 2.58 bits per heavy atom. The van der Waals surface area contributed by atoms with Gasteiger partial charge in [0.1, 0.15) is 0 Å². The summed E-state index contributed by atoms with van der Waals surface area (Å²) in [5, 5.41) is 12.7. The molecule has 106 valence electrons. The van der Waals surface area contributed by atoms with Crippen LogP contribution < -0.4 is 11.1 Å². The monoisotopic (exact) mass is 272 g/mol. The molecule has 1 unspecified atom stereocenters. The van der Waals surface area contributed by atoms with E-state index in [1.165, 1.54) is 6.07 Å². The van der Waals surface area contributed by atoms with Crippen molar-refractivity contribution in [1.29, 1.82) is 0 Å². The highest BCUT2D eigenvalue weighted by Crippen LogP contribution is 2.17. The minimum absolute atomic E-state index is 0.113. The fourth-order valence-corrected chi connectivity index (χ4v) is 1.45. The van der Waals surface area contributed by atoms with Crippen LogP contribution in [0.2, 0.25) is 0 Å². The molecule has 1 rings (SSSR count). The van der Waals surface area contributed by atoms with Gasteiger partial charge in [-0.25, -0.2) is 8.78 Å². The number of hydrogen-bond donors (Lipinski definition) is 3. The van der Waals surface area contributed by atoms with E-state index in [0.717, 1.165) is 12.1 Å². The third-order valence-electron chi connectivity index (χ3n) is 2.90. The first-order valence-corrected chi connectivity index (χ1v) is 5.87. The maximum absolute atomic E-state index is 13.0. The summed E-state index contributed by atoms with van der Waals surface area (Å²) in [6, 6.07) is 3.21. The fourth-order valence-electron chi connectivity index (χ4n) is 1.45. The normalized spacial score (nSPS) is 13.3. The van der Waals surface area contributed by atoms with Crippen molar-refractivity contribution in [3.8, 4) is 0 Å². The van der Waals surface area contributed by atoms with Gasteiger partial charge in [-0.2, -0.15) is 0 Å². The Morgan fingerprint density at radius 2 is 2.05 bits per heavy atom. The van der Waals surface area contributed by atoms with Crippen LogP contribution in [-0.2, 0) is 4.79 Å². The fraction of sp³-hybridized carbons (Fsp3) is 0.462. The summed E-state index contributed by atoms with van der Waals surface area (Å²) in [7, 11) is 0. The summed E-state index contributed by atoms with van der Waals surface area (Å²) in [4.78, 5) is 11.1. The van der Waals surface area contributed by atoms with E-state index in [0.29, 0.717) is 0 Å². The highest BCUT2D eigenvalue weighted by Gasteiger charge is 2.24. The smallest absolute Gasteiger partial charge is 0.224 e. The van der Waals surface area contributed by atoms with Gasteiger partial charge in [0.05, 0.1) is 11.5 Å². The Bertz CT molecular complexity index is 464. The van der Waals surface area contributed by atoms with Gasteiger partial charge in [-0.15, -0.1) is 0 Å². The zero-order valence-electron chi connectivity index (χ0n) is 10.9. The van der Waals surface area contributed by atoms with E-state index in [1.54, 1.807) is 13.8 Å². The third-order valence-corrected chi connectivity index (χ3v) is 2.90. The molecule has 1 aromatic rings. The minimum Gasteiger partial charge on any atom is -0.387 e. The van der Waals surface area contributed by atoms with Crippen LogP contribution in [0.25, 0.3) is 0 Å². The van der Waals surface area contributed by atoms with Gasteiger partial charge in [0, 0.05) is 13.1 Å². The van der Waals surface area contributed by atoms with Crippen LogP contribution in [0.5, 0.6) is 0 Å². The standard InChI is InChI=1S/C13H18F2N2O2/c1-13(2,12(16)19)7-17-6-11(18)8-3-4-9(14)10(15)5-8/h3-5,11,17-18H,6-7H2,1-2H3,(H2,16,19). The number of primary amides is 1. The van der Waals surface area contributed by atoms with Crippen LogP contribution >= 0.6 is 0 Å². The molecule has 1 atom stereocenters. The number of amides is 1. The average Bonchev–Trinajstić information content (AvgIpc) is 2.32. The Balaban J connectivity index is 2.54. The van der Waals surface area contributed by atoms with Gasteiger partial charge in [0.25, 0.3) is 0 Å². The van der Waals surface area contributed by atoms with Gasteiger partial charge >= 0.3 is 0 Å². The molecule has 19 heavy (non-hydrogen) atoms. The maximum atomic E-state index is 13.0. The topological polar surface area (TPSA) is 75.3 Å². The molecule has 4 nitrogen and oxygen atoms in total. The first kappa shape index (κ1) is 15.5. The minimum atomic E-state index is -1.01. The van der Waals surface area contributed by atoms with Crippen molar-refractivity contribution in [3.63, 3.8) is 0 Å². The number of rotatable bonds is 6. The third kappa shape index (κ3) is 4.25. The number of carbonyl (C=O) groups excluding carboxylic acids is 1. The molecule has 4 N–H and O–H groups in total. The second-order valence-electron chi connectivity index (χ2n) is 5.07. The first-order valence-electron chi connectivity index (χ1n) is 5.87. The molecule has 1 amide bonds. The highest BCUT2D eigenvalue weighted by molar-refractivity contribution is 5.80. The summed E-state index contributed by atoms with van der Waals surface area (Å²) < 4.78 is 25.7. The molecular formula is C13H18F2N2O2. The zero-order chi connectivity index (χ0) is 14.6. The molecule has 0 fully saturated rings. The predicted molar refractivity (Wildman–Crippen MR) is 67.2 cm³/mol. The summed E-state index contributed by atoms with van der Waals surface area (Å²) in [6.07, 6.45) is -0.987. The molecule has 0 spiro atoms. The molecule has 0 radical (unpaired) electrons. The van der Waals surface area contributed by atoms with Crippen LogP contribution in [0, 0.1) is 17.0 Å². The molecule has 0 aliphatic rings. The summed E-state index contributed by atoms with van der Waals surface area (Å²) >= 11 is 0. The lowest BCUT2D eigenvalue weighted by Gasteiger charge is -2.22. The number of benzene rings is 1. The number of aliphatic hydroxyl groups excluding tert-OH is 1. The predicted octanol–water partition coefficient (Wildman–Crippen LogP) is 1.10. The van der Waals surface area contributed by atoms with Crippen molar-refractivity contribution < 1.29 is 18.7 Å². The molecule has 0 bridgehead atoms. The van der Waals surface area contributed by atoms with Crippen molar-refractivity contribution in [1.82, 2.24) is 5.32 Å². The molecule has 0 aliphatic carbocycles. The van der Waals surface area contributed by atoms with Gasteiger partial charge in [-0.1, -0.05) is 6.07 Å². The van der Waals surface area contributed by atoms with Crippen LogP contribution in [0.4, 0.5) is 8.78 Å².